The monoisotopic (exact) mass is 531 g/mol. The zero-order valence-electron chi connectivity index (χ0n) is 20.4. The summed E-state index contributed by atoms with van der Waals surface area (Å²) in [6.45, 7) is 11.3. The lowest BCUT2D eigenvalue weighted by atomic mass is 9.91. The standard InChI is InChI=1S/C28H26ClF3N2O3/c1-5-15(2)12-22(17(4)33-19-7-8-21(28(35)36)24(31)13-19)25-11-6-18(14-34(25)37)26-20(16(3)30)9-10-23(29)27(26)32/h6-11,13-14,16,22,33H,2,4-5,12H2,1,3H3,(H-,35,36,37)/p+1. The number of benzene rings is 2. The van der Waals surface area contributed by atoms with Crippen LogP contribution in [0.25, 0.3) is 11.1 Å². The smallest absolute Gasteiger partial charge is 0.338 e. The minimum atomic E-state index is -1.48. The van der Waals surface area contributed by atoms with Gasteiger partial charge in [-0.05, 0) is 55.7 Å². The lowest BCUT2D eigenvalue weighted by Crippen LogP contribution is -2.37. The number of alkyl halides is 1. The molecule has 0 radical (unpaired) electrons. The van der Waals surface area contributed by atoms with Gasteiger partial charge in [-0.2, -0.15) is 0 Å². The van der Waals surface area contributed by atoms with E-state index in [0.717, 1.165) is 22.4 Å². The average molecular weight is 532 g/mol. The highest BCUT2D eigenvalue weighted by Crippen LogP contribution is 2.36. The van der Waals surface area contributed by atoms with E-state index >= 15 is 0 Å². The van der Waals surface area contributed by atoms with Crippen molar-refractivity contribution in [3.8, 4) is 11.1 Å². The van der Waals surface area contributed by atoms with Gasteiger partial charge in [-0.25, -0.2) is 18.0 Å². The molecule has 0 fully saturated rings. The van der Waals surface area contributed by atoms with Crippen LogP contribution in [-0.4, -0.2) is 16.3 Å². The molecule has 3 rings (SSSR count). The van der Waals surface area contributed by atoms with Crippen LogP contribution in [0.4, 0.5) is 18.9 Å². The second-order valence-electron chi connectivity index (χ2n) is 8.64. The van der Waals surface area contributed by atoms with E-state index in [1.54, 1.807) is 12.1 Å². The van der Waals surface area contributed by atoms with Gasteiger partial charge in [-0.15, -0.1) is 0 Å². The molecule has 0 aliphatic carbocycles. The summed E-state index contributed by atoms with van der Waals surface area (Å²) in [6.07, 6.45) is 0.800. The molecule has 1 aromatic heterocycles. The number of allylic oxidation sites excluding steroid dienone is 2. The Bertz CT molecular complexity index is 1380. The molecule has 0 aliphatic rings. The highest BCUT2D eigenvalue weighted by atomic mass is 35.5. The normalized spacial score (nSPS) is 12.6. The summed E-state index contributed by atoms with van der Waals surface area (Å²) in [4.78, 5) is 11.1. The molecule has 2 atom stereocenters. The summed E-state index contributed by atoms with van der Waals surface area (Å²) in [5, 5.41) is 22.7. The first-order valence-electron chi connectivity index (χ1n) is 11.5. The predicted molar refractivity (Wildman–Crippen MR) is 137 cm³/mol. The van der Waals surface area contributed by atoms with Crippen LogP contribution in [0.1, 0.15) is 60.4 Å². The number of carboxylic acid groups (broad SMARTS) is 1. The third-order valence-corrected chi connectivity index (χ3v) is 6.37. The van der Waals surface area contributed by atoms with Gasteiger partial charge in [0.2, 0.25) is 11.9 Å². The van der Waals surface area contributed by atoms with E-state index in [0.29, 0.717) is 24.2 Å². The largest absolute Gasteiger partial charge is 0.478 e. The van der Waals surface area contributed by atoms with Gasteiger partial charge in [0.05, 0.1) is 22.1 Å². The van der Waals surface area contributed by atoms with Crippen molar-refractivity contribution in [2.45, 2.75) is 38.8 Å². The molecule has 0 bridgehead atoms. The number of nitrogens with zero attached hydrogens (tertiary/aromatic N) is 1. The number of rotatable bonds is 10. The second-order valence-corrected chi connectivity index (χ2v) is 9.05. The SMILES string of the molecule is C=C(CC)CC(C(=C)Nc1ccc(C(=O)O)c(F)c1)c1ccc(-c2c(C(C)F)ccc(Cl)c2F)c[n+]1O. The number of nitrogens with one attached hydrogen (secondary N) is 1. The highest BCUT2D eigenvalue weighted by Gasteiger charge is 2.29. The number of carboxylic acids is 1. The lowest BCUT2D eigenvalue weighted by Gasteiger charge is -2.20. The van der Waals surface area contributed by atoms with Crippen LogP contribution >= 0.6 is 11.6 Å². The van der Waals surface area contributed by atoms with Crippen molar-refractivity contribution in [3.63, 3.8) is 0 Å². The van der Waals surface area contributed by atoms with E-state index < -0.39 is 35.3 Å². The Labute approximate surface area is 218 Å². The Kier molecular flexibility index (Phi) is 8.65. The predicted octanol–water partition coefficient (Wildman–Crippen LogP) is 7.60. The molecule has 37 heavy (non-hydrogen) atoms. The number of pyridine rings is 1. The Balaban J connectivity index is 2.01. The quantitative estimate of drug-likeness (QED) is 0.143. The molecule has 2 aromatic carbocycles. The Morgan fingerprint density at radius 1 is 1.16 bits per heavy atom. The minimum absolute atomic E-state index is 0.0580. The molecular weight excluding hydrogens is 505 g/mol. The number of carbonyl (C=O) groups is 1. The van der Waals surface area contributed by atoms with Crippen LogP contribution in [0.3, 0.4) is 0 Å². The molecule has 5 nitrogen and oxygen atoms in total. The fourth-order valence-electron chi connectivity index (χ4n) is 3.99. The van der Waals surface area contributed by atoms with Crippen LogP contribution in [-0.2, 0) is 0 Å². The summed E-state index contributed by atoms with van der Waals surface area (Å²) in [6, 6.07) is 9.35. The Hall–Kier alpha value is -3.78. The molecule has 2 unspecified atom stereocenters. The lowest BCUT2D eigenvalue weighted by molar-refractivity contribution is -0.909. The molecule has 0 saturated carbocycles. The van der Waals surface area contributed by atoms with Crippen LogP contribution in [0.2, 0.25) is 5.02 Å². The van der Waals surface area contributed by atoms with E-state index in [2.05, 4.69) is 18.5 Å². The van der Waals surface area contributed by atoms with Crippen LogP contribution in [0.5, 0.6) is 0 Å². The van der Waals surface area contributed by atoms with E-state index in [1.807, 2.05) is 6.92 Å². The number of hydrogen-bond donors (Lipinski definition) is 3. The van der Waals surface area contributed by atoms with Crippen molar-refractivity contribution >= 4 is 23.3 Å². The summed E-state index contributed by atoms with van der Waals surface area (Å²) in [5.74, 6) is -3.66. The van der Waals surface area contributed by atoms with Crippen molar-refractivity contribution in [2.24, 2.45) is 0 Å². The Morgan fingerprint density at radius 3 is 2.43 bits per heavy atom. The maximum atomic E-state index is 14.9. The van der Waals surface area contributed by atoms with Crippen molar-refractivity contribution in [1.29, 1.82) is 0 Å². The number of aromatic nitrogens is 1. The van der Waals surface area contributed by atoms with E-state index in [1.165, 1.54) is 31.3 Å². The van der Waals surface area contributed by atoms with Crippen LogP contribution in [0, 0.1) is 11.6 Å². The fourth-order valence-corrected chi connectivity index (χ4v) is 4.15. The van der Waals surface area contributed by atoms with Gasteiger partial charge in [0.15, 0.2) is 0 Å². The summed E-state index contributed by atoms with van der Waals surface area (Å²) in [5.41, 5.74) is 1.62. The van der Waals surface area contributed by atoms with Crippen LogP contribution < -0.4 is 10.0 Å². The van der Waals surface area contributed by atoms with Crippen molar-refractivity contribution < 1.29 is 33.0 Å². The van der Waals surface area contributed by atoms with Gasteiger partial charge in [-0.3, -0.25) is 5.21 Å². The Morgan fingerprint density at radius 2 is 1.86 bits per heavy atom. The number of aromatic carboxylic acids is 1. The summed E-state index contributed by atoms with van der Waals surface area (Å²) >= 11 is 5.94. The third kappa shape index (κ3) is 6.14. The molecule has 3 N–H and O–H groups in total. The van der Waals surface area contributed by atoms with Gasteiger partial charge in [0, 0.05) is 27.7 Å². The van der Waals surface area contributed by atoms with E-state index in [4.69, 9.17) is 16.7 Å². The topological polar surface area (TPSA) is 73.4 Å². The molecule has 1 heterocycles. The first kappa shape index (κ1) is 27.8. The molecule has 0 amide bonds. The molecule has 0 spiro atoms. The molecule has 0 aliphatic heterocycles. The van der Waals surface area contributed by atoms with Crippen molar-refractivity contribution in [2.75, 3.05) is 5.32 Å². The maximum absolute atomic E-state index is 14.9. The molecule has 3 aromatic rings. The zero-order valence-corrected chi connectivity index (χ0v) is 21.1. The zero-order chi connectivity index (χ0) is 27.4. The molecular formula is C28H27ClF3N2O3+. The molecule has 194 valence electrons. The van der Waals surface area contributed by atoms with Gasteiger partial charge in [0.25, 0.3) is 0 Å². The molecule has 9 heteroatoms. The van der Waals surface area contributed by atoms with Gasteiger partial charge >= 0.3 is 5.97 Å². The van der Waals surface area contributed by atoms with Gasteiger partial charge < -0.3 is 10.4 Å². The van der Waals surface area contributed by atoms with Gasteiger partial charge in [0.1, 0.15) is 17.8 Å². The number of halogens is 4. The van der Waals surface area contributed by atoms with E-state index in [9.17, 15) is 23.2 Å². The van der Waals surface area contributed by atoms with Crippen molar-refractivity contribution in [1.82, 2.24) is 0 Å². The third-order valence-electron chi connectivity index (χ3n) is 6.08. The van der Waals surface area contributed by atoms with Gasteiger partial charge in [-0.1, -0.05) is 43.3 Å². The number of anilines is 1. The number of hydrogen-bond acceptors (Lipinski definition) is 3. The average Bonchev–Trinajstić information content (AvgIpc) is 2.83. The first-order chi connectivity index (χ1) is 17.4. The maximum Gasteiger partial charge on any atom is 0.338 e. The summed E-state index contributed by atoms with van der Waals surface area (Å²) < 4.78 is 44.1. The van der Waals surface area contributed by atoms with Crippen LogP contribution in [0.15, 0.2) is 73.1 Å². The van der Waals surface area contributed by atoms with E-state index in [-0.39, 0.29) is 27.4 Å². The highest BCUT2D eigenvalue weighted by molar-refractivity contribution is 6.31. The van der Waals surface area contributed by atoms with Crippen molar-refractivity contribution in [3.05, 3.63) is 107 Å². The molecule has 0 saturated heterocycles. The second kappa shape index (κ2) is 11.5. The summed E-state index contributed by atoms with van der Waals surface area (Å²) in [7, 11) is 0. The minimum Gasteiger partial charge on any atom is -0.478 e. The first-order valence-corrected chi connectivity index (χ1v) is 11.8. The fraction of sp³-hybridized carbons (Fsp3) is 0.214.